The van der Waals surface area contributed by atoms with Crippen molar-refractivity contribution in [2.45, 2.75) is 0 Å². The largest absolute Gasteiger partial charge is 0.456 e. The molecule has 0 saturated heterocycles. The van der Waals surface area contributed by atoms with Crippen molar-refractivity contribution in [2.75, 3.05) is 9.80 Å². The molecule has 0 bridgehead atoms. The summed E-state index contributed by atoms with van der Waals surface area (Å²) in [6, 6.07) is 159. The smallest absolute Gasteiger partial charge is 0.143 e. The molecule has 23 rings (SSSR count). The number of nitrogens with zero attached hydrogens (tertiary/aromatic N) is 4. The SMILES string of the molecule is c1ccc(-c2ccc(-c3cccc4c3oc3cccc(-c5cccc(N(c6ccc(-c7ccccc7-n7c8ccccc8c8ccccc87)cc6)c6cccc7ccccc67)c5)c34)cc2-c2ccc(N(c3ccc(-c4cccc(-n5c6ccccc6c6ccccc65)c4)cc3)c3cccc(-c4cccc5oc6ccccc6c45)c3)cc2)cc1. The van der Waals surface area contributed by atoms with E-state index < -0.39 is 0 Å². The third kappa shape index (κ3) is 11.4. The molecule has 552 valence electrons. The van der Waals surface area contributed by atoms with Crippen LogP contribution in [0.1, 0.15) is 0 Å². The average Bonchev–Trinajstić information content (AvgIpc) is 1.60. The fourth-order valence-corrected chi connectivity index (χ4v) is 18.6. The van der Waals surface area contributed by atoms with Gasteiger partial charge >= 0.3 is 0 Å². The molecule has 0 amide bonds. The van der Waals surface area contributed by atoms with Gasteiger partial charge in [-0.15, -0.1) is 0 Å². The second kappa shape index (κ2) is 28.1. The Morgan fingerprint density at radius 1 is 0.195 bits per heavy atom. The molecule has 0 aliphatic heterocycles. The van der Waals surface area contributed by atoms with Gasteiger partial charge in [0, 0.05) is 93.7 Å². The molecule has 0 N–H and O–H groups in total. The Morgan fingerprint density at radius 2 is 0.610 bits per heavy atom. The van der Waals surface area contributed by atoms with Crippen molar-refractivity contribution in [2.24, 2.45) is 0 Å². The topological polar surface area (TPSA) is 42.6 Å². The first-order valence-corrected chi connectivity index (χ1v) is 40.3. The van der Waals surface area contributed by atoms with Crippen molar-refractivity contribution in [3.05, 3.63) is 437 Å². The van der Waals surface area contributed by atoms with Crippen molar-refractivity contribution in [1.29, 1.82) is 0 Å². The quantitative estimate of drug-likeness (QED) is 0.103. The van der Waals surface area contributed by atoms with Gasteiger partial charge in [0.15, 0.2) is 0 Å². The summed E-state index contributed by atoms with van der Waals surface area (Å²) in [7, 11) is 0. The third-order valence-electron chi connectivity index (χ3n) is 23.9. The summed E-state index contributed by atoms with van der Waals surface area (Å²) >= 11 is 0. The highest BCUT2D eigenvalue weighted by Gasteiger charge is 2.25. The molecule has 118 heavy (non-hydrogen) atoms. The molecule has 0 unspecified atom stereocenters. The van der Waals surface area contributed by atoms with Gasteiger partial charge in [0.1, 0.15) is 22.3 Å². The second-order valence-electron chi connectivity index (χ2n) is 30.6. The minimum absolute atomic E-state index is 0.825. The predicted octanol–water partition coefficient (Wildman–Crippen LogP) is 31.4. The molecule has 23 aromatic rings. The van der Waals surface area contributed by atoms with E-state index in [-0.39, 0.29) is 0 Å². The molecule has 0 radical (unpaired) electrons. The molecular formula is C112H72N4O2. The summed E-state index contributed by atoms with van der Waals surface area (Å²) in [5.74, 6) is 0. The molecule has 6 nitrogen and oxygen atoms in total. The summed E-state index contributed by atoms with van der Waals surface area (Å²) in [5.41, 5.74) is 32.1. The maximum absolute atomic E-state index is 7.20. The lowest BCUT2D eigenvalue weighted by molar-refractivity contribution is 0.669. The van der Waals surface area contributed by atoms with Crippen LogP contribution in [0.15, 0.2) is 446 Å². The molecule has 4 heterocycles. The number of benzene rings is 19. The number of para-hydroxylation sites is 7. The van der Waals surface area contributed by atoms with Crippen LogP contribution in [-0.4, -0.2) is 9.13 Å². The van der Waals surface area contributed by atoms with Gasteiger partial charge in [0.05, 0.1) is 33.4 Å². The van der Waals surface area contributed by atoms with Crippen LogP contribution in [0.5, 0.6) is 0 Å². The van der Waals surface area contributed by atoms with E-state index in [9.17, 15) is 0 Å². The maximum Gasteiger partial charge on any atom is 0.143 e. The molecule has 6 heteroatoms. The van der Waals surface area contributed by atoms with E-state index in [1.54, 1.807) is 0 Å². The molecule has 19 aromatic carbocycles. The van der Waals surface area contributed by atoms with E-state index in [4.69, 9.17) is 8.83 Å². The minimum Gasteiger partial charge on any atom is -0.456 e. The van der Waals surface area contributed by atoms with Crippen LogP contribution in [0, 0.1) is 0 Å². The van der Waals surface area contributed by atoms with E-state index in [1.165, 1.54) is 49.0 Å². The number of rotatable bonds is 15. The Hall–Kier alpha value is -15.8. The number of hydrogen-bond acceptors (Lipinski definition) is 4. The van der Waals surface area contributed by atoms with Gasteiger partial charge in [0.25, 0.3) is 0 Å². The highest BCUT2D eigenvalue weighted by atomic mass is 16.3. The molecule has 0 atom stereocenters. The van der Waals surface area contributed by atoms with Gasteiger partial charge in [-0.3, -0.25) is 0 Å². The molecule has 0 aliphatic rings. The molecule has 0 fully saturated rings. The van der Waals surface area contributed by atoms with Crippen molar-refractivity contribution in [3.63, 3.8) is 0 Å². The zero-order valence-electron chi connectivity index (χ0n) is 64.2. The van der Waals surface area contributed by atoms with Crippen LogP contribution < -0.4 is 9.80 Å². The number of anilines is 6. The van der Waals surface area contributed by atoms with Crippen molar-refractivity contribution in [3.8, 4) is 89.3 Å². The lowest BCUT2D eigenvalue weighted by Gasteiger charge is -2.27. The lowest BCUT2D eigenvalue weighted by atomic mass is 9.90. The van der Waals surface area contributed by atoms with Gasteiger partial charge < -0.3 is 27.8 Å². The highest BCUT2D eigenvalue weighted by Crippen LogP contribution is 2.49. The van der Waals surface area contributed by atoms with E-state index in [2.05, 4.69) is 450 Å². The minimum atomic E-state index is 0.825. The van der Waals surface area contributed by atoms with E-state index in [0.717, 1.165) is 173 Å². The average molecular weight is 1510 g/mol. The summed E-state index contributed by atoms with van der Waals surface area (Å²) in [5, 5.41) is 11.6. The second-order valence-corrected chi connectivity index (χ2v) is 30.6. The summed E-state index contributed by atoms with van der Waals surface area (Å²) in [4.78, 5) is 4.80. The number of furan rings is 2. The van der Waals surface area contributed by atoms with E-state index in [0.29, 0.717) is 0 Å². The van der Waals surface area contributed by atoms with Gasteiger partial charge in [-0.05, 0) is 206 Å². The predicted molar refractivity (Wildman–Crippen MR) is 495 cm³/mol. The Morgan fingerprint density at radius 3 is 1.27 bits per heavy atom. The summed E-state index contributed by atoms with van der Waals surface area (Å²) < 4.78 is 18.5. The fourth-order valence-electron chi connectivity index (χ4n) is 18.6. The first-order valence-electron chi connectivity index (χ1n) is 40.3. The Balaban J connectivity index is 0.611. The standard InChI is InChI=1S/C112H72N4O2/c1-2-25-74(26-3-1)88-68-61-81(72-100(88)77-59-64-83(65-60-77)113(85-32-19-30-79(70-85)91-42-23-53-108-110(91)98-41-11-17-52-107(98)117-108)82-62-55-73(56-63-82)78-29-18-34-87(69-78)115-103-47-13-7-37-94(103)95-38-8-14-48-104(95)115)93-44-22-45-99-111-92(43-24-54-109(111)118-112(93)99)80-31-20-33-86(71-80)114(101-51-21-28-75-27-4-5-35-89(75)101)84-66-57-76(58-67-84)90-36-6-12-46-102(90)116-105-49-15-9-39-96(105)97-40-10-16-50-106(97)116/h1-72H. The van der Waals surface area contributed by atoms with Crippen LogP contribution in [0.2, 0.25) is 0 Å². The van der Waals surface area contributed by atoms with Crippen molar-refractivity contribution >= 4 is 132 Å². The first-order chi connectivity index (χ1) is 58.5. The third-order valence-corrected chi connectivity index (χ3v) is 23.9. The van der Waals surface area contributed by atoms with Crippen LogP contribution in [-0.2, 0) is 0 Å². The Bertz CT molecular complexity index is 7770. The molecule has 4 aromatic heterocycles. The lowest BCUT2D eigenvalue weighted by Crippen LogP contribution is -2.10. The molecular weight excluding hydrogens is 1430 g/mol. The van der Waals surface area contributed by atoms with Crippen LogP contribution in [0.25, 0.3) is 188 Å². The fraction of sp³-hybridized carbons (Fsp3) is 0. The van der Waals surface area contributed by atoms with Crippen LogP contribution >= 0.6 is 0 Å². The van der Waals surface area contributed by atoms with Crippen LogP contribution in [0.4, 0.5) is 34.1 Å². The highest BCUT2D eigenvalue weighted by molar-refractivity contribution is 6.17. The summed E-state index contributed by atoms with van der Waals surface area (Å²) in [6.07, 6.45) is 0. The van der Waals surface area contributed by atoms with Gasteiger partial charge in [0.2, 0.25) is 0 Å². The van der Waals surface area contributed by atoms with Crippen molar-refractivity contribution < 1.29 is 8.83 Å². The van der Waals surface area contributed by atoms with Gasteiger partial charge in [-0.1, -0.05) is 303 Å². The number of fused-ring (bicyclic) bond motifs is 13. The zero-order valence-corrected chi connectivity index (χ0v) is 64.2. The Kier molecular flexibility index (Phi) is 16.2. The monoisotopic (exact) mass is 1500 g/mol. The van der Waals surface area contributed by atoms with Crippen molar-refractivity contribution in [1.82, 2.24) is 9.13 Å². The number of aromatic nitrogens is 2. The first kappa shape index (κ1) is 67.9. The number of hydrogen-bond donors (Lipinski definition) is 0. The maximum atomic E-state index is 7.20. The zero-order chi connectivity index (χ0) is 77.7. The molecule has 0 saturated carbocycles. The Labute approximate surface area is 681 Å². The van der Waals surface area contributed by atoms with E-state index >= 15 is 0 Å². The van der Waals surface area contributed by atoms with Crippen LogP contribution in [0.3, 0.4) is 0 Å². The normalized spacial score (nSPS) is 11.7. The molecule has 0 aliphatic carbocycles. The molecule has 0 spiro atoms. The van der Waals surface area contributed by atoms with E-state index in [1.807, 2.05) is 6.07 Å². The summed E-state index contributed by atoms with van der Waals surface area (Å²) in [6.45, 7) is 0. The van der Waals surface area contributed by atoms with Gasteiger partial charge in [-0.25, -0.2) is 0 Å². The van der Waals surface area contributed by atoms with Gasteiger partial charge in [-0.2, -0.15) is 0 Å².